The standard InChI is InChI=1S/C31H32F6N2O5S/c1-2-45(42,43)26-13-5-20(6-14-26)27(17-40)38-28(41)21-3-11-24(12-4-21)39-19-30(34,16-15-25(39)18-44-29(32)33)22-7-9-23(10-8-22)31(35,36)37/h3-14,25,27,29,40H,2,15-19H2,1H3,(H,38,41)/t25-,27-,30?/m0/s1. The number of piperidine rings is 1. The number of halogens is 6. The van der Waals surface area contributed by atoms with E-state index in [9.17, 15) is 40.3 Å². The molecule has 3 atom stereocenters. The zero-order valence-electron chi connectivity index (χ0n) is 24.1. The van der Waals surface area contributed by atoms with E-state index in [-0.39, 0.29) is 41.2 Å². The van der Waals surface area contributed by atoms with Gasteiger partial charge in [0.1, 0.15) is 0 Å². The highest BCUT2D eigenvalue weighted by Gasteiger charge is 2.42. The summed E-state index contributed by atoms with van der Waals surface area (Å²) >= 11 is 0. The van der Waals surface area contributed by atoms with Crippen LogP contribution in [0.4, 0.5) is 32.0 Å². The van der Waals surface area contributed by atoms with Crippen molar-refractivity contribution in [3.8, 4) is 0 Å². The second kappa shape index (κ2) is 13.8. The van der Waals surface area contributed by atoms with Gasteiger partial charge in [-0.05, 0) is 72.5 Å². The van der Waals surface area contributed by atoms with E-state index < -0.39 is 65.1 Å². The number of rotatable bonds is 11. The number of carbonyl (C=O) groups is 1. The molecular weight excluding hydrogens is 626 g/mol. The van der Waals surface area contributed by atoms with Crippen LogP contribution in [-0.4, -0.2) is 57.6 Å². The van der Waals surface area contributed by atoms with Crippen LogP contribution in [0.3, 0.4) is 0 Å². The van der Waals surface area contributed by atoms with E-state index in [1.165, 1.54) is 60.4 Å². The Balaban J connectivity index is 1.52. The highest BCUT2D eigenvalue weighted by molar-refractivity contribution is 7.91. The summed E-state index contributed by atoms with van der Waals surface area (Å²) in [6, 6.07) is 13.8. The molecule has 0 bridgehead atoms. The molecule has 0 saturated carbocycles. The fourth-order valence-electron chi connectivity index (χ4n) is 5.24. The van der Waals surface area contributed by atoms with Crippen molar-refractivity contribution < 1.29 is 49.4 Å². The Morgan fingerprint density at radius 3 is 2.20 bits per heavy atom. The smallest absolute Gasteiger partial charge is 0.394 e. The van der Waals surface area contributed by atoms with Crippen LogP contribution >= 0.6 is 0 Å². The average Bonchev–Trinajstić information content (AvgIpc) is 3.02. The molecule has 2 N–H and O–H groups in total. The third kappa shape index (κ3) is 8.16. The molecule has 1 heterocycles. The van der Waals surface area contributed by atoms with E-state index in [0.29, 0.717) is 11.3 Å². The number of nitrogens with one attached hydrogen (secondary N) is 1. The predicted molar refractivity (Wildman–Crippen MR) is 154 cm³/mol. The van der Waals surface area contributed by atoms with Gasteiger partial charge in [0.2, 0.25) is 0 Å². The lowest BCUT2D eigenvalue weighted by molar-refractivity contribution is -0.137. The minimum Gasteiger partial charge on any atom is -0.394 e. The van der Waals surface area contributed by atoms with Crippen LogP contribution in [-0.2, 0) is 26.4 Å². The number of amides is 1. The third-order valence-electron chi connectivity index (χ3n) is 7.85. The molecule has 45 heavy (non-hydrogen) atoms. The molecule has 7 nitrogen and oxygen atoms in total. The first-order valence-corrected chi connectivity index (χ1v) is 15.7. The first-order chi connectivity index (χ1) is 21.2. The van der Waals surface area contributed by atoms with E-state index >= 15 is 4.39 Å². The summed E-state index contributed by atoms with van der Waals surface area (Å²) in [7, 11) is -3.43. The number of nitrogens with zero attached hydrogens (tertiary/aromatic N) is 1. The van der Waals surface area contributed by atoms with E-state index in [2.05, 4.69) is 10.1 Å². The lowest BCUT2D eigenvalue weighted by Crippen LogP contribution is -2.51. The second-order valence-corrected chi connectivity index (χ2v) is 13.0. The van der Waals surface area contributed by atoms with Gasteiger partial charge in [-0.15, -0.1) is 0 Å². The number of benzene rings is 3. The van der Waals surface area contributed by atoms with Crippen molar-refractivity contribution in [2.75, 3.05) is 30.4 Å². The summed E-state index contributed by atoms with van der Waals surface area (Å²) in [5, 5.41) is 12.6. The van der Waals surface area contributed by atoms with Gasteiger partial charge in [0.15, 0.2) is 15.5 Å². The molecule has 3 aromatic carbocycles. The van der Waals surface area contributed by atoms with Crippen LogP contribution in [0.1, 0.15) is 52.9 Å². The molecule has 0 aromatic heterocycles. The molecule has 1 fully saturated rings. The number of hydrogen-bond acceptors (Lipinski definition) is 6. The van der Waals surface area contributed by atoms with Crippen molar-refractivity contribution in [1.29, 1.82) is 0 Å². The Hall–Kier alpha value is -3.62. The number of anilines is 1. The Morgan fingerprint density at radius 2 is 1.67 bits per heavy atom. The number of aliphatic hydroxyl groups is 1. The van der Waals surface area contributed by atoms with Crippen molar-refractivity contribution in [1.82, 2.24) is 5.32 Å². The molecule has 1 unspecified atom stereocenters. The summed E-state index contributed by atoms with van der Waals surface area (Å²) in [6.07, 6.45) is -4.67. The van der Waals surface area contributed by atoms with Gasteiger partial charge in [0, 0.05) is 11.3 Å². The number of carbonyl (C=O) groups excluding carboxylic acids is 1. The Bertz CT molecular complexity index is 1550. The number of aliphatic hydroxyl groups excluding tert-OH is 1. The molecule has 3 aromatic rings. The number of alkyl halides is 6. The fraction of sp³-hybridized carbons (Fsp3) is 0.387. The van der Waals surface area contributed by atoms with Gasteiger partial charge in [-0.25, -0.2) is 12.8 Å². The lowest BCUT2D eigenvalue weighted by Gasteiger charge is -2.44. The zero-order chi connectivity index (χ0) is 33.0. The first-order valence-electron chi connectivity index (χ1n) is 14.0. The van der Waals surface area contributed by atoms with Crippen LogP contribution in [0.5, 0.6) is 0 Å². The fourth-order valence-corrected chi connectivity index (χ4v) is 6.12. The minimum absolute atomic E-state index is 0.0140. The van der Waals surface area contributed by atoms with Crippen LogP contribution in [0.2, 0.25) is 0 Å². The molecule has 1 aliphatic heterocycles. The van der Waals surface area contributed by atoms with E-state index in [1.54, 1.807) is 0 Å². The Kier molecular flexibility index (Phi) is 10.5. The number of hydrogen-bond donors (Lipinski definition) is 2. The maximum atomic E-state index is 16.3. The van der Waals surface area contributed by atoms with Crippen LogP contribution in [0, 0.1) is 0 Å². The van der Waals surface area contributed by atoms with Gasteiger partial charge in [0.05, 0.1) is 48.1 Å². The van der Waals surface area contributed by atoms with Crippen molar-refractivity contribution in [3.05, 3.63) is 95.1 Å². The van der Waals surface area contributed by atoms with Gasteiger partial charge >= 0.3 is 12.8 Å². The van der Waals surface area contributed by atoms with E-state index in [4.69, 9.17) is 0 Å². The summed E-state index contributed by atoms with van der Waals surface area (Å²) in [5.74, 6) is -0.659. The van der Waals surface area contributed by atoms with Crippen molar-refractivity contribution in [3.63, 3.8) is 0 Å². The van der Waals surface area contributed by atoms with Crippen LogP contribution in [0.25, 0.3) is 0 Å². The Morgan fingerprint density at radius 1 is 1.04 bits per heavy atom. The monoisotopic (exact) mass is 658 g/mol. The normalized spacial score (nSPS) is 19.8. The molecular formula is C31H32F6N2O5S. The van der Waals surface area contributed by atoms with Gasteiger partial charge in [-0.2, -0.15) is 22.0 Å². The number of ether oxygens (including phenoxy) is 1. The Labute approximate surface area is 256 Å². The largest absolute Gasteiger partial charge is 0.416 e. The molecule has 0 aliphatic carbocycles. The van der Waals surface area contributed by atoms with Crippen molar-refractivity contribution >= 4 is 21.4 Å². The van der Waals surface area contributed by atoms with Gasteiger partial charge in [-0.3, -0.25) is 4.79 Å². The topological polar surface area (TPSA) is 95.9 Å². The molecule has 244 valence electrons. The second-order valence-electron chi connectivity index (χ2n) is 10.7. The highest BCUT2D eigenvalue weighted by atomic mass is 32.2. The SMILES string of the molecule is CCS(=O)(=O)c1ccc([C@H](CO)NC(=O)c2ccc(N3CC(F)(c4ccc(C(F)(F)F)cc4)CC[C@H]3COC(F)F)cc2)cc1. The van der Waals surface area contributed by atoms with Crippen LogP contribution < -0.4 is 10.2 Å². The lowest BCUT2D eigenvalue weighted by atomic mass is 9.84. The maximum Gasteiger partial charge on any atom is 0.416 e. The predicted octanol–water partition coefficient (Wildman–Crippen LogP) is 6.04. The summed E-state index contributed by atoms with van der Waals surface area (Å²) < 4.78 is 110. The quantitative estimate of drug-likeness (QED) is 0.244. The molecule has 14 heteroatoms. The summed E-state index contributed by atoms with van der Waals surface area (Å²) in [6.45, 7) is -2.82. The summed E-state index contributed by atoms with van der Waals surface area (Å²) in [4.78, 5) is 14.6. The first kappa shape index (κ1) is 34.3. The van der Waals surface area contributed by atoms with Crippen LogP contribution in [0.15, 0.2) is 77.7 Å². The minimum atomic E-state index is -4.59. The molecule has 1 amide bonds. The molecule has 4 rings (SSSR count). The van der Waals surface area contributed by atoms with Gasteiger partial charge < -0.3 is 20.1 Å². The number of sulfone groups is 1. The summed E-state index contributed by atoms with van der Waals surface area (Å²) in [5.41, 5.74) is -2.01. The van der Waals surface area contributed by atoms with E-state index in [0.717, 1.165) is 24.3 Å². The zero-order valence-corrected chi connectivity index (χ0v) is 24.9. The average molecular weight is 659 g/mol. The molecule has 0 spiro atoms. The maximum absolute atomic E-state index is 16.3. The van der Waals surface area contributed by atoms with Crippen molar-refractivity contribution in [2.45, 2.75) is 55.2 Å². The highest BCUT2D eigenvalue weighted by Crippen LogP contribution is 2.41. The van der Waals surface area contributed by atoms with Gasteiger partial charge in [0.25, 0.3) is 5.91 Å². The molecule has 0 radical (unpaired) electrons. The molecule has 1 aliphatic rings. The van der Waals surface area contributed by atoms with Gasteiger partial charge in [-0.1, -0.05) is 31.2 Å². The van der Waals surface area contributed by atoms with Crippen molar-refractivity contribution in [2.24, 2.45) is 0 Å². The third-order valence-corrected chi connectivity index (χ3v) is 9.60. The van der Waals surface area contributed by atoms with E-state index in [1.807, 2.05) is 0 Å². The molecule has 1 saturated heterocycles.